The molecule has 112 valence electrons. The van der Waals surface area contributed by atoms with Crippen LogP contribution < -0.4 is 5.32 Å². The standard InChI is InChI=1S/C16H32N2O/c1-12(2)9-17-15-8-14(6-7-19)10-18(11-15)16-5-4-13(16)3/h12-17,19H,4-11H2,1-3H3. The zero-order chi connectivity index (χ0) is 13.8. The molecule has 2 rings (SSSR count). The second-order valence-electron chi connectivity index (χ2n) is 7.19. The molecule has 2 aliphatic rings. The summed E-state index contributed by atoms with van der Waals surface area (Å²) in [4.78, 5) is 2.70. The van der Waals surface area contributed by atoms with Crippen molar-refractivity contribution in [2.45, 2.75) is 58.5 Å². The lowest BCUT2D eigenvalue weighted by Crippen LogP contribution is -2.57. The predicted octanol–water partition coefficient (Wildman–Crippen LogP) is 2.10. The van der Waals surface area contributed by atoms with Gasteiger partial charge in [0, 0.05) is 31.8 Å². The fourth-order valence-electron chi connectivity index (χ4n) is 3.64. The molecule has 1 saturated heterocycles. The molecule has 2 N–H and O–H groups in total. The van der Waals surface area contributed by atoms with Crippen LogP contribution in [0.25, 0.3) is 0 Å². The van der Waals surface area contributed by atoms with Crippen LogP contribution in [0.3, 0.4) is 0 Å². The number of hydrogen-bond donors (Lipinski definition) is 2. The molecule has 1 saturated carbocycles. The third kappa shape index (κ3) is 4.17. The summed E-state index contributed by atoms with van der Waals surface area (Å²) in [6, 6.07) is 1.44. The van der Waals surface area contributed by atoms with Crippen LogP contribution in [0.2, 0.25) is 0 Å². The Morgan fingerprint density at radius 3 is 2.58 bits per heavy atom. The van der Waals surface area contributed by atoms with E-state index in [-0.39, 0.29) is 0 Å². The summed E-state index contributed by atoms with van der Waals surface area (Å²) in [5.41, 5.74) is 0. The monoisotopic (exact) mass is 268 g/mol. The van der Waals surface area contributed by atoms with Crippen molar-refractivity contribution in [3.8, 4) is 0 Å². The molecule has 3 nitrogen and oxygen atoms in total. The van der Waals surface area contributed by atoms with Gasteiger partial charge in [0.05, 0.1) is 0 Å². The van der Waals surface area contributed by atoms with Crippen LogP contribution in [0.15, 0.2) is 0 Å². The topological polar surface area (TPSA) is 35.5 Å². The minimum atomic E-state index is 0.343. The summed E-state index contributed by atoms with van der Waals surface area (Å²) in [5, 5.41) is 13.0. The van der Waals surface area contributed by atoms with E-state index in [4.69, 9.17) is 0 Å². The molecule has 0 bridgehead atoms. The van der Waals surface area contributed by atoms with Crippen molar-refractivity contribution < 1.29 is 5.11 Å². The summed E-state index contributed by atoms with van der Waals surface area (Å²) < 4.78 is 0. The van der Waals surface area contributed by atoms with Crippen LogP contribution in [0.5, 0.6) is 0 Å². The molecular formula is C16H32N2O. The number of aliphatic hydroxyl groups is 1. The van der Waals surface area contributed by atoms with Crippen LogP contribution in [-0.4, -0.2) is 48.3 Å². The van der Waals surface area contributed by atoms with Crippen molar-refractivity contribution in [2.24, 2.45) is 17.8 Å². The molecule has 1 aliphatic carbocycles. The fraction of sp³-hybridized carbons (Fsp3) is 1.00. The van der Waals surface area contributed by atoms with Crippen LogP contribution in [-0.2, 0) is 0 Å². The molecule has 0 spiro atoms. The molecule has 19 heavy (non-hydrogen) atoms. The highest BCUT2D eigenvalue weighted by atomic mass is 16.3. The number of rotatable bonds is 6. The average molecular weight is 268 g/mol. The van der Waals surface area contributed by atoms with Crippen molar-refractivity contribution in [1.29, 1.82) is 0 Å². The number of piperidine rings is 1. The Morgan fingerprint density at radius 1 is 1.26 bits per heavy atom. The summed E-state index contributed by atoms with van der Waals surface area (Å²) in [6.45, 7) is 10.8. The van der Waals surface area contributed by atoms with E-state index in [1.807, 2.05) is 0 Å². The first-order valence-electron chi connectivity index (χ1n) is 8.18. The van der Waals surface area contributed by atoms with Gasteiger partial charge in [0.15, 0.2) is 0 Å². The third-order valence-corrected chi connectivity index (χ3v) is 4.96. The van der Waals surface area contributed by atoms with E-state index in [0.717, 1.165) is 24.9 Å². The van der Waals surface area contributed by atoms with Crippen LogP contribution >= 0.6 is 0 Å². The molecule has 0 radical (unpaired) electrons. The zero-order valence-electron chi connectivity index (χ0n) is 12.9. The Balaban J connectivity index is 1.88. The Hall–Kier alpha value is -0.120. The highest BCUT2D eigenvalue weighted by molar-refractivity contribution is 4.92. The van der Waals surface area contributed by atoms with Crippen LogP contribution in [0, 0.1) is 17.8 Å². The molecule has 0 aromatic rings. The molecule has 0 aromatic heterocycles. The lowest BCUT2D eigenvalue weighted by Gasteiger charge is -2.48. The Kier molecular flexibility index (Phi) is 5.67. The Bertz CT molecular complexity index is 269. The van der Waals surface area contributed by atoms with Crippen molar-refractivity contribution in [3.05, 3.63) is 0 Å². The maximum atomic E-state index is 9.23. The van der Waals surface area contributed by atoms with E-state index in [1.165, 1.54) is 32.4 Å². The normalized spacial score (nSPS) is 36.5. The first-order valence-corrected chi connectivity index (χ1v) is 8.18. The molecule has 0 aromatic carbocycles. The average Bonchev–Trinajstić information content (AvgIpc) is 2.35. The zero-order valence-corrected chi connectivity index (χ0v) is 12.9. The molecule has 0 amide bonds. The summed E-state index contributed by atoms with van der Waals surface area (Å²) in [6.07, 6.45) is 4.99. The van der Waals surface area contributed by atoms with Crippen LogP contribution in [0.1, 0.15) is 46.5 Å². The molecule has 2 fully saturated rings. The highest BCUT2D eigenvalue weighted by Gasteiger charge is 2.37. The van der Waals surface area contributed by atoms with E-state index < -0.39 is 0 Å². The quantitative estimate of drug-likeness (QED) is 0.774. The van der Waals surface area contributed by atoms with Crippen molar-refractivity contribution in [1.82, 2.24) is 10.2 Å². The van der Waals surface area contributed by atoms with E-state index in [9.17, 15) is 5.11 Å². The second kappa shape index (κ2) is 7.05. The number of likely N-dealkylation sites (tertiary alicyclic amines) is 1. The van der Waals surface area contributed by atoms with Gasteiger partial charge in [-0.1, -0.05) is 20.8 Å². The smallest absolute Gasteiger partial charge is 0.0434 e. The molecule has 1 heterocycles. The first-order chi connectivity index (χ1) is 9.10. The SMILES string of the molecule is CC(C)CNC1CC(CCO)CN(C2CCC2C)C1. The van der Waals surface area contributed by atoms with Gasteiger partial charge in [0.1, 0.15) is 0 Å². The Morgan fingerprint density at radius 2 is 2.05 bits per heavy atom. The van der Waals surface area contributed by atoms with Gasteiger partial charge in [-0.15, -0.1) is 0 Å². The number of nitrogens with one attached hydrogen (secondary N) is 1. The summed E-state index contributed by atoms with van der Waals surface area (Å²) in [7, 11) is 0. The molecule has 1 aliphatic heterocycles. The third-order valence-electron chi connectivity index (χ3n) is 4.96. The highest BCUT2D eigenvalue weighted by Crippen LogP contribution is 2.34. The van der Waals surface area contributed by atoms with Crippen molar-refractivity contribution in [3.63, 3.8) is 0 Å². The van der Waals surface area contributed by atoms with E-state index in [0.29, 0.717) is 24.5 Å². The van der Waals surface area contributed by atoms with Gasteiger partial charge in [0.2, 0.25) is 0 Å². The number of hydrogen-bond acceptors (Lipinski definition) is 3. The summed E-state index contributed by atoms with van der Waals surface area (Å²) >= 11 is 0. The maximum Gasteiger partial charge on any atom is 0.0434 e. The predicted molar refractivity (Wildman–Crippen MR) is 80.2 cm³/mol. The van der Waals surface area contributed by atoms with Gasteiger partial charge in [0.25, 0.3) is 0 Å². The maximum absolute atomic E-state index is 9.23. The second-order valence-corrected chi connectivity index (χ2v) is 7.19. The van der Waals surface area contributed by atoms with Gasteiger partial charge in [-0.3, -0.25) is 4.90 Å². The van der Waals surface area contributed by atoms with Gasteiger partial charge >= 0.3 is 0 Å². The van der Waals surface area contributed by atoms with Crippen LogP contribution in [0.4, 0.5) is 0 Å². The lowest BCUT2D eigenvalue weighted by atomic mass is 9.78. The molecular weight excluding hydrogens is 236 g/mol. The van der Waals surface area contributed by atoms with Crippen molar-refractivity contribution in [2.75, 3.05) is 26.2 Å². The fourth-order valence-corrected chi connectivity index (χ4v) is 3.64. The molecule has 4 unspecified atom stereocenters. The van der Waals surface area contributed by atoms with Crippen molar-refractivity contribution >= 4 is 0 Å². The lowest BCUT2D eigenvalue weighted by molar-refractivity contribution is 0.0175. The minimum Gasteiger partial charge on any atom is -0.396 e. The van der Waals surface area contributed by atoms with Gasteiger partial charge in [-0.2, -0.15) is 0 Å². The largest absolute Gasteiger partial charge is 0.396 e. The van der Waals surface area contributed by atoms with Gasteiger partial charge in [-0.25, -0.2) is 0 Å². The van der Waals surface area contributed by atoms with E-state index in [1.54, 1.807) is 0 Å². The number of nitrogens with zero attached hydrogens (tertiary/aromatic N) is 1. The van der Waals surface area contributed by atoms with E-state index >= 15 is 0 Å². The minimum absolute atomic E-state index is 0.343. The molecule has 3 heteroatoms. The first kappa shape index (κ1) is 15.3. The van der Waals surface area contributed by atoms with Gasteiger partial charge < -0.3 is 10.4 Å². The Labute approximate surface area is 118 Å². The number of aliphatic hydroxyl groups excluding tert-OH is 1. The summed E-state index contributed by atoms with van der Waals surface area (Å²) in [5.74, 6) is 2.27. The van der Waals surface area contributed by atoms with E-state index in [2.05, 4.69) is 31.0 Å². The van der Waals surface area contributed by atoms with Gasteiger partial charge in [-0.05, 0) is 50.0 Å². The molecule has 4 atom stereocenters.